The summed E-state index contributed by atoms with van der Waals surface area (Å²) >= 11 is 3.42. The molecule has 7 nitrogen and oxygen atoms in total. The average molecular weight is 379 g/mol. The summed E-state index contributed by atoms with van der Waals surface area (Å²) in [6, 6.07) is 0.619. The zero-order valence-electron chi connectivity index (χ0n) is 13.0. The van der Waals surface area contributed by atoms with Crippen LogP contribution in [0.4, 0.5) is 5.69 Å². The fourth-order valence-electron chi connectivity index (χ4n) is 3.28. The summed E-state index contributed by atoms with van der Waals surface area (Å²) in [5, 5.41) is 12.6. The number of nitrogens with zero attached hydrogens (tertiary/aromatic N) is 6. The molecule has 0 unspecified atom stereocenters. The molecule has 0 N–H and O–H groups in total. The number of hydrogen-bond acceptors (Lipinski definition) is 5. The van der Waals surface area contributed by atoms with E-state index in [-0.39, 0.29) is 5.56 Å². The summed E-state index contributed by atoms with van der Waals surface area (Å²) in [6.45, 7) is 1.80. The van der Waals surface area contributed by atoms with Crippen LogP contribution in [0.2, 0.25) is 0 Å². The van der Waals surface area contributed by atoms with Crippen molar-refractivity contribution < 1.29 is 0 Å². The molecule has 1 aliphatic carbocycles. The van der Waals surface area contributed by atoms with Crippen molar-refractivity contribution in [2.75, 3.05) is 18.0 Å². The van der Waals surface area contributed by atoms with E-state index in [0.717, 1.165) is 37.4 Å². The highest BCUT2D eigenvalue weighted by Crippen LogP contribution is 2.39. The molecule has 0 bridgehead atoms. The molecule has 0 radical (unpaired) electrons. The van der Waals surface area contributed by atoms with E-state index in [4.69, 9.17) is 0 Å². The van der Waals surface area contributed by atoms with Crippen molar-refractivity contribution in [3.8, 4) is 0 Å². The van der Waals surface area contributed by atoms with Crippen molar-refractivity contribution in [3.63, 3.8) is 0 Å². The predicted molar refractivity (Wildman–Crippen MR) is 89.7 cm³/mol. The summed E-state index contributed by atoms with van der Waals surface area (Å²) < 4.78 is 4.20. The van der Waals surface area contributed by atoms with E-state index in [9.17, 15) is 4.79 Å². The van der Waals surface area contributed by atoms with Gasteiger partial charge in [-0.15, -0.1) is 10.2 Å². The van der Waals surface area contributed by atoms with Crippen molar-refractivity contribution in [3.05, 3.63) is 33.2 Å². The monoisotopic (exact) mass is 378 g/mol. The van der Waals surface area contributed by atoms with Gasteiger partial charge in [0.1, 0.15) is 16.6 Å². The lowest BCUT2D eigenvalue weighted by Crippen LogP contribution is -2.35. The molecule has 0 amide bonds. The first-order valence-corrected chi connectivity index (χ1v) is 8.80. The third-order valence-electron chi connectivity index (χ3n) is 4.80. The largest absolute Gasteiger partial charge is 0.369 e. The van der Waals surface area contributed by atoms with Gasteiger partial charge in [-0.25, -0.2) is 4.68 Å². The van der Waals surface area contributed by atoms with Crippen molar-refractivity contribution in [2.45, 2.75) is 37.6 Å². The Labute approximate surface area is 142 Å². The van der Waals surface area contributed by atoms with Crippen LogP contribution in [-0.2, 0) is 7.05 Å². The highest BCUT2D eigenvalue weighted by molar-refractivity contribution is 9.10. The second-order valence-electron chi connectivity index (χ2n) is 6.36. The van der Waals surface area contributed by atoms with Gasteiger partial charge in [0.25, 0.3) is 5.56 Å². The van der Waals surface area contributed by atoms with Crippen LogP contribution < -0.4 is 10.5 Å². The molecular formula is C15H19BrN6O. The van der Waals surface area contributed by atoms with Crippen LogP contribution in [0.25, 0.3) is 0 Å². The number of anilines is 1. The molecule has 3 heterocycles. The van der Waals surface area contributed by atoms with Gasteiger partial charge < -0.3 is 9.47 Å². The average Bonchev–Trinajstić information content (AvgIpc) is 3.30. The lowest BCUT2D eigenvalue weighted by molar-refractivity contribution is 0.464. The first kappa shape index (κ1) is 14.9. The molecule has 23 heavy (non-hydrogen) atoms. The van der Waals surface area contributed by atoms with Gasteiger partial charge in [-0.1, -0.05) is 0 Å². The number of halogens is 1. The Hall–Kier alpha value is -1.70. The second-order valence-corrected chi connectivity index (χ2v) is 7.15. The lowest BCUT2D eigenvalue weighted by Gasteiger charge is -2.33. The van der Waals surface area contributed by atoms with Crippen molar-refractivity contribution >= 4 is 21.6 Å². The number of hydrogen-bond donors (Lipinski definition) is 0. The zero-order valence-corrected chi connectivity index (χ0v) is 14.6. The van der Waals surface area contributed by atoms with Crippen LogP contribution >= 0.6 is 15.9 Å². The van der Waals surface area contributed by atoms with Crippen molar-refractivity contribution in [1.82, 2.24) is 24.5 Å². The maximum Gasteiger partial charge on any atom is 0.282 e. The Morgan fingerprint density at radius 3 is 2.65 bits per heavy atom. The van der Waals surface area contributed by atoms with Crippen LogP contribution in [-0.4, -0.2) is 37.6 Å². The van der Waals surface area contributed by atoms with Crippen LogP contribution in [0.15, 0.2) is 21.8 Å². The fraction of sp³-hybridized carbons (Fsp3) is 0.600. The van der Waals surface area contributed by atoms with Gasteiger partial charge in [0.05, 0.1) is 11.9 Å². The van der Waals surface area contributed by atoms with Crippen molar-refractivity contribution in [1.29, 1.82) is 0 Å². The zero-order chi connectivity index (χ0) is 16.0. The summed E-state index contributed by atoms with van der Waals surface area (Å²) in [5.41, 5.74) is 0.785. The maximum atomic E-state index is 12.0. The number of aromatic nitrogens is 5. The Morgan fingerprint density at radius 1 is 1.22 bits per heavy atom. The van der Waals surface area contributed by atoms with Gasteiger partial charge >= 0.3 is 0 Å². The molecule has 0 spiro atoms. The molecule has 8 heteroatoms. The molecule has 2 fully saturated rings. The Bertz CT molecular complexity index is 773. The predicted octanol–water partition coefficient (Wildman–Crippen LogP) is 1.85. The minimum atomic E-state index is -0.0990. The van der Waals surface area contributed by atoms with E-state index >= 15 is 0 Å². The van der Waals surface area contributed by atoms with Crippen LogP contribution in [0.3, 0.4) is 0 Å². The summed E-state index contributed by atoms with van der Waals surface area (Å²) in [7, 11) is 1.66. The van der Waals surface area contributed by atoms with Crippen LogP contribution in [0.5, 0.6) is 0 Å². The summed E-state index contributed by atoms with van der Waals surface area (Å²) in [5.74, 6) is 1.58. The first-order valence-electron chi connectivity index (χ1n) is 8.01. The molecule has 4 rings (SSSR count). The normalized spacial score (nSPS) is 19.3. The standard InChI is InChI=1S/C15H19BrN6O/c1-20-15(23)13(16)12(8-18-20)21-6-4-10(5-7-21)14-19-17-9-22(14)11-2-3-11/h8-11H,2-7H2,1H3. The van der Waals surface area contributed by atoms with E-state index in [1.54, 1.807) is 13.2 Å². The minimum Gasteiger partial charge on any atom is -0.369 e. The van der Waals surface area contributed by atoms with Gasteiger partial charge in [0, 0.05) is 32.1 Å². The van der Waals surface area contributed by atoms with E-state index in [0.29, 0.717) is 16.4 Å². The van der Waals surface area contributed by atoms with Crippen LogP contribution in [0, 0.1) is 0 Å². The molecule has 0 atom stereocenters. The number of aryl methyl sites for hydroxylation is 1. The van der Waals surface area contributed by atoms with Gasteiger partial charge in [-0.3, -0.25) is 4.79 Å². The lowest BCUT2D eigenvalue weighted by atomic mass is 9.95. The van der Waals surface area contributed by atoms with E-state index in [2.05, 4.69) is 40.7 Å². The molecule has 122 valence electrons. The number of piperidine rings is 1. The molecule has 0 aromatic carbocycles. The Balaban J connectivity index is 1.50. The molecule has 2 aliphatic rings. The minimum absolute atomic E-state index is 0.0990. The first-order chi connectivity index (χ1) is 11.1. The SMILES string of the molecule is Cn1ncc(N2CCC(c3nncn3C3CC3)CC2)c(Br)c1=O. The number of rotatable bonds is 3. The highest BCUT2D eigenvalue weighted by atomic mass is 79.9. The molecule has 1 saturated heterocycles. The van der Waals surface area contributed by atoms with Gasteiger partial charge in [-0.2, -0.15) is 5.10 Å². The van der Waals surface area contributed by atoms with Gasteiger partial charge in [0.2, 0.25) is 0 Å². The van der Waals surface area contributed by atoms with Crippen LogP contribution in [0.1, 0.15) is 43.5 Å². The van der Waals surface area contributed by atoms with Gasteiger partial charge in [0.15, 0.2) is 0 Å². The maximum absolute atomic E-state index is 12.0. The third-order valence-corrected chi connectivity index (χ3v) is 5.55. The van der Waals surface area contributed by atoms with E-state index < -0.39 is 0 Å². The Morgan fingerprint density at radius 2 is 1.96 bits per heavy atom. The quantitative estimate of drug-likeness (QED) is 0.814. The second kappa shape index (κ2) is 5.74. The molecule has 1 aliphatic heterocycles. The van der Waals surface area contributed by atoms with E-state index in [1.807, 2.05) is 6.33 Å². The highest BCUT2D eigenvalue weighted by Gasteiger charge is 2.31. The summed E-state index contributed by atoms with van der Waals surface area (Å²) in [4.78, 5) is 14.2. The van der Waals surface area contributed by atoms with Gasteiger partial charge in [-0.05, 0) is 41.6 Å². The Kier molecular flexibility index (Phi) is 3.71. The molecular weight excluding hydrogens is 360 g/mol. The fourth-order valence-corrected chi connectivity index (χ4v) is 3.89. The topological polar surface area (TPSA) is 68.8 Å². The third kappa shape index (κ3) is 2.69. The summed E-state index contributed by atoms with van der Waals surface area (Å²) in [6.07, 6.45) is 8.17. The van der Waals surface area contributed by atoms with Crippen molar-refractivity contribution in [2.24, 2.45) is 7.05 Å². The molecule has 2 aromatic rings. The molecule has 2 aromatic heterocycles. The smallest absolute Gasteiger partial charge is 0.282 e. The molecule has 1 saturated carbocycles. The van der Waals surface area contributed by atoms with E-state index in [1.165, 1.54) is 17.5 Å².